The first-order valence-electron chi connectivity index (χ1n) is 10.2. The molecule has 0 saturated heterocycles. The summed E-state index contributed by atoms with van der Waals surface area (Å²) in [5.74, 6) is -0.674. The quantitative estimate of drug-likeness (QED) is 0.524. The molecule has 2 amide bonds. The maximum atomic E-state index is 12.5. The van der Waals surface area contributed by atoms with Crippen molar-refractivity contribution in [1.82, 2.24) is 0 Å². The van der Waals surface area contributed by atoms with E-state index >= 15 is 0 Å². The lowest BCUT2D eigenvalue weighted by Gasteiger charge is -2.10. The van der Waals surface area contributed by atoms with Crippen molar-refractivity contribution in [1.29, 1.82) is 0 Å². The van der Waals surface area contributed by atoms with Gasteiger partial charge in [-0.05, 0) is 67.3 Å². The Balaban J connectivity index is 1.28. The SMILES string of the molecule is COc1ccccc1NC(=O)c1ccc(NC(=O)COC(=O)c2cc3c(s2)CCC3)cc1. The molecule has 1 aliphatic carbocycles. The van der Waals surface area contributed by atoms with Gasteiger partial charge in [0.25, 0.3) is 11.8 Å². The van der Waals surface area contributed by atoms with E-state index in [9.17, 15) is 14.4 Å². The zero-order valence-corrected chi connectivity index (χ0v) is 18.3. The number of carbonyl (C=O) groups is 3. The first-order valence-corrected chi connectivity index (χ1v) is 11.0. The average molecular weight is 451 g/mol. The standard InChI is InChI=1S/C24H22N2O5S/c1-30-19-7-3-2-6-18(19)26-23(28)15-9-11-17(12-10-15)25-22(27)14-31-24(29)21-13-16-5-4-8-20(16)32-21/h2-3,6-7,9-13H,4-5,8,14H2,1H3,(H,25,27)(H,26,28). The molecule has 1 aromatic heterocycles. The van der Waals surface area contributed by atoms with Gasteiger partial charge in [0.1, 0.15) is 10.6 Å². The first-order chi connectivity index (χ1) is 15.5. The van der Waals surface area contributed by atoms with Gasteiger partial charge in [-0.1, -0.05) is 12.1 Å². The number of para-hydroxylation sites is 2. The lowest BCUT2D eigenvalue weighted by Crippen LogP contribution is -2.20. The zero-order chi connectivity index (χ0) is 22.5. The number of rotatable bonds is 7. The van der Waals surface area contributed by atoms with Gasteiger partial charge in [0.2, 0.25) is 0 Å². The summed E-state index contributed by atoms with van der Waals surface area (Å²) in [4.78, 5) is 38.6. The molecule has 32 heavy (non-hydrogen) atoms. The zero-order valence-electron chi connectivity index (χ0n) is 17.5. The van der Waals surface area contributed by atoms with Crippen LogP contribution in [-0.2, 0) is 22.4 Å². The summed E-state index contributed by atoms with van der Waals surface area (Å²) in [6.07, 6.45) is 3.12. The number of fused-ring (bicyclic) bond motifs is 1. The van der Waals surface area contributed by atoms with Gasteiger partial charge in [-0.2, -0.15) is 0 Å². The molecule has 0 spiro atoms. The normalized spacial score (nSPS) is 12.0. The summed E-state index contributed by atoms with van der Waals surface area (Å²) in [5.41, 5.74) is 2.69. The van der Waals surface area contributed by atoms with E-state index in [-0.39, 0.29) is 12.5 Å². The van der Waals surface area contributed by atoms with Crippen molar-refractivity contribution in [2.75, 3.05) is 24.4 Å². The number of carbonyl (C=O) groups excluding carboxylic acids is 3. The molecule has 164 valence electrons. The minimum absolute atomic E-state index is 0.302. The molecule has 0 fully saturated rings. The lowest BCUT2D eigenvalue weighted by molar-refractivity contribution is -0.119. The number of methoxy groups -OCH3 is 1. The lowest BCUT2D eigenvalue weighted by atomic mass is 10.2. The molecule has 1 heterocycles. The molecule has 0 bridgehead atoms. The molecule has 2 aromatic carbocycles. The topological polar surface area (TPSA) is 93.7 Å². The molecule has 0 saturated carbocycles. The Bertz CT molecular complexity index is 1130. The first kappa shape index (κ1) is 21.6. The average Bonchev–Trinajstić information content (AvgIpc) is 3.41. The van der Waals surface area contributed by atoms with Gasteiger partial charge in [-0.3, -0.25) is 9.59 Å². The van der Waals surface area contributed by atoms with Crippen LogP contribution in [0.2, 0.25) is 0 Å². The largest absolute Gasteiger partial charge is 0.495 e. The number of thiophene rings is 1. The van der Waals surface area contributed by atoms with E-state index in [2.05, 4.69) is 10.6 Å². The van der Waals surface area contributed by atoms with E-state index in [1.54, 1.807) is 42.5 Å². The molecular formula is C24H22N2O5S. The number of hydrogen-bond acceptors (Lipinski definition) is 6. The number of ether oxygens (including phenoxy) is 2. The Morgan fingerprint density at radius 1 is 1.00 bits per heavy atom. The Labute approximate surface area is 189 Å². The molecule has 0 unspecified atom stereocenters. The predicted molar refractivity (Wildman–Crippen MR) is 123 cm³/mol. The van der Waals surface area contributed by atoms with E-state index in [0.29, 0.717) is 27.6 Å². The van der Waals surface area contributed by atoms with Crippen molar-refractivity contribution in [2.45, 2.75) is 19.3 Å². The number of benzene rings is 2. The highest BCUT2D eigenvalue weighted by atomic mass is 32.1. The van der Waals surface area contributed by atoms with E-state index in [0.717, 1.165) is 19.3 Å². The molecule has 7 nitrogen and oxygen atoms in total. The number of anilines is 2. The van der Waals surface area contributed by atoms with Gasteiger partial charge in [0.05, 0.1) is 12.8 Å². The minimum atomic E-state index is -0.483. The van der Waals surface area contributed by atoms with Crippen molar-refractivity contribution < 1.29 is 23.9 Å². The number of hydrogen-bond donors (Lipinski definition) is 2. The summed E-state index contributed by atoms with van der Waals surface area (Å²) < 4.78 is 10.4. The second-order valence-corrected chi connectivity index (χ2v) is 8.41. The van der Waals surface area contributed by atoms with Crippen molar-refractivity contribution in [3.05, 3.63) is 75.5 Å². The third-order valence-electron chi connectivity index (χ3n) is 5.07. The van der Waals surface area contributed by atoms with Crippen LogP contribution in [0.4, 0.5) is 11.4 Å². The van der Waals surface area contributed by atoms with Gasteiger partial charge in [-0.25, -0.2) is 4.79 Å². The maximum absolute atomic E-state index is 12.5. The van der Waals surface area contributed by atoms with E-state index in [4.69, 9.17) is 9.47 Å². The molecule has 1 aliphatic rings. The van der Waals surface area contributed by atoms with Crippen molar-refractivity contribution >= 4 is 40.5 Å². The Morgan fingerprint density at radius 2 is 1.78 bits per heavy atom. The second kappa shape index (κ2) is 9.65. The highest BCUT2D eigenvalue weighted by Gasteiger charge is 2.20. The number of nitrogens with one attached hydrogen (secondary N) is 2. The number of aryl methyl sites for hydroxylation is 2. The fourth-order valence-corrected chi connectivity index (χ4v) is 4.62. The van der Waals surface area contributed by atoms with Crippen LogP contribution in [0.5, 0.6) is 5.75 Å². The molecular weight excluding hydrogens is 428 g/mol. The third kappa shape index (κ3) is 4.97. The summed E-state index contributed by atoms with van der Waals surface area (Å²) >= 11 is 1.44. The molecule has 0 radical (unpaired) electrons. The predicted octanol–water partition coefficient (Wildman–Crippen LogP) is 4.29. The van der Waals surface area contributed by atoms with Crippen LogP contribution in [0.1, 0.15) is 36.9 Å². The van der Waals surface area contributed by atoms with Crippen LogP contribution in [0.25, 0.3) is 0 Å². The van der Waals surface area contributed by atoms with Gasteiger partial charge >= 0.3 is 5.97 Å². The molecule has 0 aliphatic heterocycles. The smallest absolute Gasteiger partial charge is 0.348 e. The van der Waals surface area contributed by atoms with E-state index < -0.39 is 11.9 Å². The van der Waals surface area contributed by atoms with Crippen LogP contribution in [-0.4, -0.2) is 31.5 Å². The van der Waals surface area contributed by atoms with Crippen LogP contribution >= 0.6 is 11.3 Å². The Hall–Kier alpha value is -3.65. The highest BCUT2D eigenvalue weighted by Crippen LogP contribution is 2.31. The molecule has 4 rings (SSSR count). The van der Waals surface area contributed by atoms with Crippen molar-refractivity contribution in [2.24, 2.45) is 0 Å². The molecule has 0 atom stereocenters. The second-order valence-electron chi connectivity index (χ2n) is 7.27. The van der Waals surface area contributed by atoms with Crippen LogP contribution < -0.4 is 15.4 Å². The number of esters is 1. The van der Waals surface area contributed by atoms with Crippen LogP contribution in [0.3, 0.4) is 0 Å². The third-order valence-corrected chi connectivity index (χ3v) is 6.29. The van der Waals surface area contributed by atoms with Gasteiger partial charge in [0, 0.05) is 16.1 Å². The van der Waals surface area contributed by atoms with Gasteiger partial charge in [-0.15, -0.1) is 11.3 Å². The maximum Gasteiger partial charge on any atom is 0.348 e. The summed E-state index contributed by atoms with van der Waals surface area (Å²) in [7, 11) is 1.53. The van der Waals surface area contributed by atoms with Crippen LogP contribution in [0, 0.1) is 0 Å². The van der Waals surface area contributed by atoms with Crippen molar-refractivity contribution in [3.8, 4) is 5.75 Å². The monoisotopic (exact) mass is 450 g/mol. The minimum Gasteiger partial charge on any atom is -0.495 e. The fraction of sp³-hybridized carbons (Fsp3) is 0.208. The molecule has 8 heteroatoms. The summed E-state index contributed by atoms with van der Waals surface area (Å²) in [6.45, 7) is -0.378. The van der Waals surface area contributed by atoms with E-state index in [1.807, 2.05) is 12.1 Å². The molecule has 2 N–H and O–H groups in total. The highest BCUT2D eigenvalue weighted by molar-refractivity contribution is 7.14. The summed E-state index contributed by atoms with van der Waals surface area (Å²) in [5, 5.41) is 5.45. The van der Waals surface area contributed by atoms with E-state index in [1.165, 1.54) is 28.9 Å². The Kier molecular flexibility index (Phi) is 6.51. The van der Waals surface area contributed by atoms with Crippen molar-refractivity contribution in [3.63, 3.8) is 0 Å². The van der Waals surface area contributed by atoms with Crippen LogP contribution in [0.15, 0.2) is 54.6 Å². The molecule has 3 aromatic rings. The fourth-order valence-electron chi connectivity index (χ4n) is 3.48. The summed E-state index contributed by atoms with van der Waals surface area (Å²) in [6, 6.07) is 15.4. The van der Waals surface area contributed by atoms with Gasteiger partial charge < -0.3 is 20.1 Å². The van der Waals surface area contributed by atoms with Gasteiger partial charge in [0.15, 0.2) is 6.61 Å². The number of amides is 2. The Morgan fingerprint density at radius 3 is 2.53 bits per heavy atom.